The molecule has 1 fully saturated rings. The first kappa shape index (κ1) is 12.1. The average Bonchev–Trinajstić information content (AvgIpc) is 2.69. The topological polar surface area (TPSA) is 47.6 Å². The van der Waals surface area contributed by atoms with E-state index in [0.717, 1.165) is 17.1 Å². The molecular weight excluding hydrogens is 238 g/mol. The molecule has 1 N–H and O–H groups in total. The summed E-state index contributed by atoms with van der Waals surface area (Å²) < 4.78 is 10.4. The van der Waals surface area contributed by atoms with Crippen LogP contribution in [0.2, 0.25) is 0 Å². The number of hydrogen-bond acceptors (Lipinski definition) is 4. The van der Waals surface area contributed by atoms with Gasteiger partial charge in [0.15, 0.2) is 0 Å². The lowest BCUT2D eigenvalue weighted by Crippen LogP contribution is -2.22. The van der Waals surface area contributed by atoms with Crippen molar-refractivity contribution in [3.8, 4) is 11.5 Å². The van der Waals surface area contributed by atoms with Gasteiger partial charge in [0, 0.05) is 6.07 Å². The predicted octanol–water partition coefficient (Wildman–Crippen LogP) is 1.95. The Bertz CT molecular complexity index is 414. The van der Waals surface area contributed by atoms with Gasteiger partial charge in [0.2, 0.25) is 5.91 Å². The second kappa shape index (κ2) is 4.87. The van der Waals surface area contributed by atoms with Gasteiger partial charge in [0.1, 0.15) is 16.9 Å². The third-order valence-electron chi connectivity index (χ3n) is 2.66. The highest BCUT2D eigenvalue weighted by molar-refractivity contribution is 8.01. The zero-order valence-corrected chi connectivity index (χ0v) is 10.8. The van der Waals surface area contributed by atoms with Gasteiger partial charge in [-0.2, -0.15) is 0 Å². The van der Waals surface area contributed by atoms with E-state index < -0.39 is 0 Å². The predicted molar refractivity (Wildman–Crippen MR) is 67.5 cm³/mol. The minimum atomic E-state index is -0.0264. The van der Waals surface area contributed by atoms with Gasteiger partial charge in [-0.1, -0.05) is 0 Å². The molecule has 0 saturated carbocycles. The summed E-state index contributed by atoms with van der Waals surface area (Å²) in [5.41, 5.74) is 0.990. The van der Waals surface area contributed by atoms with Crippen molar-refractivity contribution in [2.45, 2.75) is 17.5 Å². The first-order valence-electron chi connectivity index (χ1n) is 5.33. The summed E-state index contributed by atoms with van der Waals surface area (Å²) >= 11 is 1.59. The van der Waals surface area contributed by atoms with Crippen molar-refractivity contribution in [2.75, 3.05) is 14.2 Å². The molecule has 0 aromatic heterocycles. The Morgan fingerprint density at radius 2 is 1.76 bits per heavy atom. The van der Waals surface area contributed by atoms with E-state index in [0.29, 0.717) is 0 Å². The van der Waals surface area contributed by atoms with E-state index in [1.807, 2.05) is 25.1 Å². The highest BCUT2D eigenvalue weighted by atomic mass is 32.2. The molecular formula is C12H15NO3S. The molecule has 0 bridgehead atoms. The molecule has 0 spiro atoms. The third kappa shape index (κ3) is 2.49. The molecule has 0 radical (unpaired) electrons. The monoisotopic (exact) mass is 253 g/mol. The maximum atomic E-state index is 11.5. The Morgan fingerprint density at radius 1 is 1.18 bits per heavy atom. The number of methoxy groups -OCH3 is 2. The smallest absolute Gasteiger partial charge is 0.234 e. The van der Waals surface area contributed by atoms with Crippen LogP contribution < -0.4 is 14.8 Å². The molecule has 1 aromatic rings. The van der Waals surface area contributed by atoms with Crippen LogP contribution in [0.4, 0.5) is 0 Å². The zero-order chi connectivity index (χ0) is 12.4. The molecule has 4 nitrogen and oxygen atoms in total. The van der Waals surface area contributed by atoms with Gasteiger partial charge in [0.25, 0.3) is 0 Å². The van der Waals surface area contributed by atoms with Crippen LogP contribution in [0.5, 0.6) is 11.5 Å². The molecule has 1 aliphatic rings. The molecule has 2 unspecified atom stereocenters. The molecule has 1 saturated heterocycles. The van der Waals surface area contributed by atoms with Crippen LogP contribution in [0.1, 0.15) is 17.9 Å². The van der Waals surface area contributed by atoms with Crippen LogP contribution in [0, 0.1) is 0 Å². The highest BCUT2D eigenvalue weighted by Crippen LogP contribution is 2.38. The molecule has 0 aliphatic carbocycles. The summed E-state index contributed by atoms with van der Waals surface area (Å²) in [6, 6.07) is 5.64. The fraction of sp³-hybridized carbons (Fsp3) is 0.417. The van der Waals surface area contributed by atoms with Crippen LogP contribution in [0.15, 0.2) is 18.2 Å². The van der Waals surface area contributed by atoms with E-state index >= 15 is 0 Å². The van der Waals surface area contributed by atoms with E-state index in [1.54, 1.807) is 26.0 Å². The molecule has 2 atom stereocenters. The SMILES string of the molecule is COc1cc(OC)cc(C2NC(=O)C(C)S2)c1. The Labute approximate surface area is 105 Å². The third-order valence-corrected chi connectivity index (χ3v) is 3.94. The van der Waals surface area contributed by atoms with E-state index in [1.165, 1.54) is 0 Å². The first-order valence-corrected chi connectivity index (χ1v) is 6.27. The minimum absolute atomic E-state index is 0.0165. The molecule has 1 heterocycles. The fourth-order valence-electron chi connectivity index (χ4n) is 1.69. The molecule has 92 valence electrons. The second-order valence-corrected chi connectivity index (χ2v) is 5.26. The van der Waals surface area contributed by atoms with Crippen LogP contribution in [-0.2, 0) is 4.79 Å². The summed E-state index contributed by atoms with van der Waals surface area (Å²) in [7, 11) is 3.23. The van der Waals surface area contributed by atoms with E-state index in [-0.39, 0.29) is 16.5 Å². The second-order valence-electron chi connectivity index (χ2n) is 3.81. The van der Waals surface area contributed by atoms with Crippen molar-refractivity contribution in [1.82, 2.24) is 5.32 Å². The maximum Gasteiger partial charge on any atom is 0.234 e. The zero-order valence-electron chi connectivity index (χ0n) is 10.0. The average molecular weight is 253 g/mol. The van der Waals surface area contributed by atoms with E-state index in [4.69, 9.17) is 9.47 Å². The number of nitrogens with one attached hydrogen (secondary N) is 1. The Morgan fingerprint density at radius 3 is 2.18 bits per heavy atom. The fourth-order valence-corrected chi connectivity index (χ4v) is 2.77. The molecule has 17 heavy (non-hydrogen) atoms. The minimum Gasteiger partial charge on any atom is -0.497 e. The Kier molecular flexibility index (Phi) is 3.47. The van der Waals surface area contributed by atoms with Crippen LogP contribution in [0.25, 0.3) is 0 Å². The lowest BCUT2D eigenvalue weighted by molar-refractivity contribution is -0.119. The molecule has 1 aromatic carbocycles. The van der Waals surface area contributed by atoms with Gasteiger partial charge in [-0.25, -0.2) is 0 Å². The van der Waals surface area contributed by atoms with Gasteiger partial charge in [0.05, 0.1) is 19.5 Å². The van der Waals surface area contributed by atoms with Gasteiger partial charge in [-0.3, -0.25) is 4.79 Å². The van der Waals surface area contributed by atoms with E-state index in [2.05, 4.69) is 5.32 Å². The number of hydrogen-bond donors (Lipinski definition) is 1. The number of benzene rings is 1. The quantitative estimate of drug-likeness (QED) is 0.894. The Balaban J connectivity index is 2.29. The number of thioether (sulfide) groups is 1. The summed E-state index contributed by atoms with van der Waals surface area (Å²) in [5.74, 6) is 1.53. The largest absolute Gasteiger partial charge is 0.497 e. The van der Waals surface area contributed by atoms with E-state index in [9.17, 15) is 4.79 Å². The number of amides is 1. The summed E-state index contributed by atoms with van der Waals surface area (Å²) in [5, 5.41) is 2.89. The standard InChI is InChI=1S/C12H15NO3S/c1-7-11(14)13-12(17-7)8-4-9(15-2)6-10(5-8)16-3/h4-7,12H,1-3H3,(H,13,14). The van der Waals surface area contributed by atoms with Crippen molar-refractivity contribution in [1.29, 1.82) is 0 Å². The van der Waals surface area contributed by atoms with Crippen molar-refractivity contribution in [3.05, 3.63) is 23.8 Å². The number of carbonyl (C=O) groups excluding carboxylic acids is 1. The molecule has 5 heteroatoms. The number of carbonyl (C=O) groups is 1. The molecule has 1 amide bonds. The van der Waals surface area contributed by atoms with Crippen molar-refractivity contribution < 1.29 is 14.3 Å². The van der Waals surface area contributed by atoms with Crippen molar-refractivity contribution in [3.63, 3.8) is 0 Å². The first-order chi connectivity index (χ1) is 8.13. The summed E-state index contributed by atoms with van der Waals surface area (Å²) in [6.45, 7) is 1.90. The summed E-state index contributed by atoms with van der Waals surface area (Å²) in [6.07, 6.45) is 0. The lowest BCUT2D eigenvalue weighted by Gasteiger charge is -2.13. The van der Waals surface area contributed by atoms with Crippen molar-refractivity contribution >= 4 is 17.7 Å². The maximum absolute atomic E-state index is 11.5. The van der Waals surface area contributed by atoms with Gasteiger partial charge in [-0.15, -0.1) is 11.8 Å². The lowest BCUT2D eigenvalue weighted by atomic mass is 10.2. The molecule has 1 aliphatic heterocycles. The van der Waals surface area contributed by atoms with Crippen LogP contribution >= 0.6 is 11.8 Å². The van der Waals surface area contributed by atoms with Gasteiger partial charge in [-0.05, 0) is 24.6 Å². The van der Waals surface area contributed by atoms with Crippen LogP contribution in [-0.4, -0.2) is 25.4 Å². The van der Waals surface area contributed by atoms with Crippen molar-refractivity contribution in [2.24, 2.45) is 0 Å². The summed E-state index contributed by atoms with van der Waals surface area (Å²) in [4.78, 5) is 11.5. The van der Waals surface area contributed by atoms with Crippen LogP contribution in [0.3, 0.4) is 0 Å². The van der Waals surface area contributed by atoms with Gasteiger partial charge < -0.3 is 14.8 Å². The number of rotatable bonds is 3. The molecule has 2 rings (SSSR count). The Hall–Kier alpha value is -1.36. The van der Waals surface area contributed by atoms with Gasteiger partial charge >= 0.3 is 0 Å². The normalized spacial score (nSPS) is 23.4. The highest BCUT2D eigenvalue weighted by Gasteiger charge is 2.30. The number of ether oxygens (including phenoxy) is 2.